The Labute approximate surface area is 126 Å². The third kappa shape index (κ3) is 5.91. The van der Waals surface area contributed by atoms with E-state index in [9.17, 15) is 9.18 Å². The average Bonchev–Trinajstić information content (AvgIpc) is 2.23. The summed E-state index contributed by atoms with van der Waals surface area (Å²) >= 11 is 9.29. The molecule has 0 aromatic heterocycles. The van der Waals surface area contributed by atoms with Crippen molar-refractivity contribution in [2.45, 2.75) is 32.6 Å². The van der Waals surface area contributed by atoms with Gasteiger partial charge in [0, 0.05) is 11.0 Å². The maximum Gasteiger partial charge on any atom is 0.254 e. The highest BCUT2D eigenvalue weighted by Gasteiger charge is 2.18. The minimum Gasteiger partial charge on any atom is -0.350 e. The minimum atomic E-state index is -0.547. The molecule has 1 N–H and O–H groups in total. The van der Waals surface area contributed by atoms with Crippen LogP contribution in [0.4, 0.5) is 4.39 Å². The van der Waals surface area contributed by atoms with Crippen molar-refractivity contribution in [2.75, 3.05) is 6.54 Å². The number of amides is 1. The zero-order valence-corrected chi connectivity index (χ0v) is 13.6. The van der Waals surface area contributed by atoms with Crippen LogP contribution < -0.4 is 5.32 Å². The average molecular weight is 351 g/mol. The number of carbonyl (C=O) groups is 1. The molecule has 0 saturated carbocycles. The van der Waals surface area contributed by atoms with Gasteiger partial charge in [-0.15, -0.1) is 11.6 Å². The Balaban J connectivity index is 2.56. The van der Waals surface area contributed by atoms with E-state index >= 15 is 0 Å². The van der Waals surface area contributed by atoms with Gasteiger partial charge in [0.25, 0.3) is 5.91 Å². The number of alkyl halides is 1. The molecule has 0 spiro atoms. The summed E-state index contributed by atoms with van der Waals surface area (Å²) in [5.74, 6) is -0.988. The van der Waals surface area contributed by atoms with E-state index in [-0.39, 0.29) is 16.4 Å². The maximum atomic E-state index is 13.6. The number of hydrogen-bond acceptors (Lipinski definition) is 1. The highest BCUT2D eigenvalue weighted by atomic mass is 79.9. The highest BCUT2D eigenvalue weighted by Crippen LogP contribution is 2.23. The molecule has 0 aliphatic carbocycles. The summed E-state index contributed by atoms with van der Waals surface area (Å²) in [6, 6.07) is 4.34. The standard InChI is InChI=1S/C14H18BrClFNO/c1-14(2,3)7-10(16)8-18-13(19)11-5-4-9(15)6-12(11)17/h4-6,10H,7-8H2,1-3H3,(H,18,19). The van der Waals surface area contributed by atoms with Crippen LogP contribution in [0, 0.1) is 11.2 Å². The number of rotatable bonds is 4. The van der Waals surface area contributed by atoms with Crippen molar-refractivity contribution in [3.63, 3.8) is 0 Å². The Hall–Kier alpha value is -0.610. The van der Waals surface area contributed by atoms with Crippen LogP contribution in [0.3, 0.4) is 0 Å². The van der Waals surface area contributed by atoms with Gasteiger partial charge < -0.3 is 5.32 Å². The van der Waals surface area contributed by atoms with Gasteiger partial charge in [0.1, 0.15) is 5.82 Å². The summed E-state index contributed by atoms with van der Waals surface area (Å²) in [5.41, 5.74) is 0.128. The van der Waals surface area contributed by atoms with E-state index in [4.69, 9.17) is 11.6 Å². The van der Waals surface area contributed by atoms with Crippen molar-refractivity contribution >= 4 is 33.4 Å². The van der Waals surface area contributed by atoms with Crippen molar-refractivity contribution in [2.24, 2.45) is 5.41 Å². The van der Waals surface area contributed by atoms with Gasteiger partial charge >= 0.3 is 0 Å². The van der Waals surface area contributed by atoms with E-state index in [1.807, 2.05) is 0 Å². The van der Waals surface area contributed by atoms with Gasteiger partial charge in [-0.05, 0) is 30.0 Å². The summed E-state index contributed by atoms with van der Waals surface area (Å²) in [4.78, 5) is 11.8. The van der Waals surface area contributed by atoms with E-state index in [0.717, 1.165) is 6.42 Å². The number of hydrogen-bond donors (Lipinski definition) is 1. The van der Waals surface area contributed by atoms with E-state index in [2.05, 4.69) is 42.0 Å². The topological polar surface area (TPSA) is 29.1 Å². The fourth-order valence-corrected chi connectivity index (χ4v) is 2.58. The van der Waals surface area contributed by atoms with E-state index in [1.165, 1.54) is 12.1 Å². The SMILES string of the molecule is CC(C)(C)CC(Cl)CNC(=O)c1ccc(Br)cc1F. The molecule has 106 valence electrons. The Morgan fingerprint density at radius 3 is 2.63 bits per heavy atom. The molecule has 0 fully saturated rings. The molecule has 5 heteroatoms. The number of halogens is 3. The van der Waals surface area contributed by atoms with Crippen molar-refractivity contribution < 1.29 is 9.18 Å². The number of benzene rings is 1. The van der Waals surface area contributed by atoms with E-state index < -0.39 is 11.7 Å². The molecule has 0 radical (unpaired) electrons. The second-order valence-electron chi connectivity index (χ2n) is 5.70. The molecule has 0 heterocycles. The molecule has 19 heavy (non-hydrogen) atoms. The summed E-state index contributed by atoms with van der Waals surface area (Å²) < 4.78 is 14.2. The largest absolute Gasteiger partial charge is 0.350 e. The lowest BCUT2D eigenvalue weighted by atomic mass is 9.90. The van der Waals surface area contributed by atoms with Crippen molar-refractivity contribution in [1.29, 1.82) is 0 Å². The normalized spacial score (nSPS) is 13.2. The van der Waals surface area contributed by atoms with Crippen LogP contribution in [-0.4, -0.2) is 17.8 Å². The first-order chi connectivity index (χ1) is 8.69. The molecule has 1 rings (SSSR count). The fourth-order valence-electron chi connectivity index (χ4n) is 1.71. The van der Waals surface area contributed by atoms with E-state index in [1.54, 1.807) is 6.07 Å². The first-order valence-electron chi connectivity index (χ1n) is 6.06. The monoisotopic (exact) mass is 349 g/mol. The second kappa shape index (κ2) is 6.71. The minimum absolute atomic E-state index is 0.0304. The number of nitrogens with one attached hydrogen (secondary N) is 1. The lowest BCUT2D eigenvalue weighted by Gasteiger charge is -2.22. The zero-order chi connectivity index (χ0) is 14.6. The Morgan fingerprint density at radius 2 is 2.11 bits per heavy atom. The molecule has 2 nitrogen and oxygen atoms in total. The Bertz CT molecular complexity index is 459. The Morgan fingerprint density at radius 1 is 1.47 bits per heavy atom. The maximum absolute atomic E-state index is 13.6. The smallest absolute Gasteiger partial charge is 0.254 e. The van der Waals surface area contributed by atoms with Crippen LogP contribution in [0.15, 0.2) is 22.7 Å². The van der Waals surface area contributed by atoms with Gasteiger partial charge in [-0.2, -0.15) is 0 Å². The molecule has 1 unspecified atom stereocenters. The van der Waals surface area contributed by atoms with Gasteiger partial charge in [-0.25, -0.2) is 4.39 Å². The summed E-state index contributed by atoms with van der Waals surface area (Å²) in [6.45, 7) is 6.57. The molecule has 1 amide bonds. The molecule has 0 aliphatic rings. The van der Waals surface area contributed by atoms with Crippen molar-refractivity contribution in [1.82, 2.24) is 5.32 Å². The quantitative estimate of drug-likeness (QED) is 0.803. The van der Waals surface area contributed by atoms with Crippen LogP contribution in [-0.2, 0) is 0 Å². The van der Waals surface area contributed by atoms with Crippen LogP contribution >= 0.6 is 27.5 Å². The number of carbonyl (C=O) groups excluding carboxylic acids is 1. The predicted octanol–water partition coefficient (Wildman–Crippen LogP) is 4.36. The molecule has 1 aromatic carbocycles. The zero-order valence-electron chi connectivity index (χ0n) is 11.3. The van der Waals surface area contributed by atoms with Crippen LogP contribution in [0.25, 0.3) is 0 Å². The summed E-state index contributed by atoms with van der Waals surface area (Å²) in [6.07, 6.45) is 0.775. The van der Waals surface area contributed by atoms with Gasteiger partial charge in [-0.1, -0.05) is 36.7 Å². The molecule has 1 aromatic rings. The van der Waals surface area contributed by atoms with Gasteiger partial charge in [0.2, 0.25) is 0 Å². The van der Waals surface area contributed by atoms with Crippen LogP contribution in [0.5, 0.6) is 0 Å². The third-order valence-corrected chi connectivity index (χ3v) is 3.30. The molecular formula is C14H18BrClFNO. The molecular weight excluding hydrogens is 333 g/mol. The van der Waals surface area contributed by atoms with Gasteiger partial charge in [-0.3, -0.25) is 4.79 Å². The van der Waals surface area contributed by atoms with E-state index in [0.29, 0.717) is 11.0 Å². The van der Waals surface area contributed by atoms with Crippen molar-refractivity contribution in [3.8, 4) is 0 Å². The Kier molecular flexibility index (Phi) is 5.81. The molecule has 1 atom stereocenters. The summed E-state index contributed by atoms with van der Waals surface area (Å²) in [5, 5.41) is 2.49. The summed E-state index contributed by atoms with van der Waals surface area (Å²) in [7, 11) is 0. The highest BCUT2D eigenvalue weighted by molar-refractivity contribution is 9.10. The fraction of sp³-hybridized carbons (Fsp3) is 0.500. The van der Waals surface area contributed by atoms with Crippen LogP contribution in [0.1, 0.15) is 37.6 Å². The molecule has 0 bridgehead atoms. The van der Waals surface area contributed by atoms with Crippen LogP contribution in [0.2, 0.25) is 0 Å². The van der Waals surface area contributed by atoms with Gasteiger partial charge in [0.15, 0.2) is 0 Å². The molecule has 0 aliphatic heterocycles. The van der Waals surface area contributed by atoms with Crippen molar-refractivity contribution in [3.05, 3.63) is 34.1 Å². The van der Waals surface area contributed by atoms with Gasteiger partial charge in [0.05, 0.1) is 10.9 Å². The first kappa shape index (κ1) is 16.4. The lowest BCUT2D eigenvalue weighted by molar-refractivity contribution is 0.0948. The lowest BCUT2D eigenvalue weighted by Crippen LogP contribution is -2.32. The first-order valence-corrected chi connectivity index (χ1v) is 7.29. The second-order valence-corrected chi connectivity index (χ2v) is 7.23. The predicted molar refractivity (Wildman–Crippen MR) is 80.1 cm³/mol. The molecule has 0 saturated heterocycles. The third-order valence-electron chi connectivity index (χ3n) is 2.49.